The summed E-state index contributed by atoms with van der Waals surface area (Å²) in [6.45, 7) is 6.93. The van der Waals surface area contributed by atoms with Crippen molar-refractivity contribution < 1.29 is 14.3 Å². The summed E-state index contributed by atoms with van der Waals surface area (Å²) in [5.74, 6) is 0.378. The molecule has 0 saturated carbocycles. The Labute approximate surface area is 236 Å². The molecule has 2 aromatic carbocycles. The highest BCUT2D eigenvalue weighted by Gasteiger charge is 2.51. The lowest BCUT2D eigenvalue weighted by molar-refractivity contribution is -0.0397. The van der Waals surface area contributed by atoms with E-state index in [9.17, 15) is 9.90 Å². The first-order chi connectivity index (χ1) is 18.2. The quantitative estimate of drug-likeness (QED) is 0.210. The van der Waals surface area contributed by atoms with E-state index in [1.165, 1.54) is 10.4 Å². The van der Waals surface area contributed by atoms with Crippen molar-refractivity contribution >= 4 is 58.3 Å². The average molecular weight is 645 g/mol. The zero-order chi connectivity index (χ0) is 27.1. The van der Waals surface area contributed by atoms with Crippen LogP contribution in [0.15, 0.2) is 71.7 Å². The molecule has 1 unspecified atom stereocenters. The van der Waals surface area contributed by atoms with E-state index in [-0.39, 0.29) is 17.2 Å². The molecule has 1 fully saturated rings. The van der Waals surface area contributed by atoms with E-state index in [2.05, 4.69) is 107 Å². The van der Waals surface area contributed by atoms with Crippen molar-refractivity contribution in [2.45, 2.75) is 50.7 Å². The molecule has 3 heterocycles. The zero-order valence-corrected chi connectivity index (χ0v) is 25.1. The molecule has 38 heavy (non-hydrogen) atoms. The molecule has 0 amide bonds. The molecule has 1 aliphatic heterocycles. The zero-order valence-electron chi connectivity index (χ0n) is 21.9. The third kappa shape index (κ3) is 4.72. The van der Waals surface area contributed by atoms with Crippen molar-refractivity contribution in [2.24, 2.45) is 0 Å². The standard InChI is InChI=1S/C28H33IN4O4Si/c1-28(2,3)38(18-11-7-5-8-12-18,19-13-9-6-10-14-19)36-17-22-21(34)15-23(37-22)33-16-20(29)24-25(33)31-27(30-4)32-26(24)35/h5-14,16,21-23,34H,15,17H2,1-4H3,(H2,30,31,32,35)/t21?,22-,23-/m1/s1. The number of benzene rings is 2. The number of rotatable bonds is 7. The summed E-state index contributed by atoms with van der Waals surface area (Å²) in [5.41, 5.74) is 0.306. The molecule has 3 N–H and O–H groups in total. The molecule has 0 spiro atoms. The number of aliphatic hydroxyl groups is 1. The molecule has 1 saturated heterocycles. The fraction of sp³-hybridized carbons (Fsp3) is 0.357. The fourth-order valence-corrected chi connectivity index (χ4v) is 10.8. The molecule has 8 nitrogen and oxygen atoms in total. The Kier molecular flexibility index (Phi) is 7.53. The van der Waals surface area contributed by atoms with Gasteiger partial charge in [-0.25, -0.2) is 0 Å². The van der Waals surface area contributed by atoms with E-state index in [1.54, 1.807) is 7.05 Å². The number of aromatic nitrogens is 3. The van der Waals surface area contributed by atoms with Crippen molar-refractivity contribution in [1.29, 1.82) is 0 Å². The predicted molar refractivity (Wildman–Crippen MR) is 161 cm³/mol. The average Bonchev–Trinajstić information content (AvgIpc) is 3.44. The van der Waals surface area contributed by atoms with Crippen LogP contribution in [0, 0.1) is 3.57 Å². The Morgan fingerprint density at radius 3 is 2.32 bits per heavy atom. The number of halogens is 1. The van der Waals surface area contributed by atoms with Crippen LogP contribution in [0.1, 0.15) is 33.4 Å². The Morgan fingerprint density at radius 2 is 1.76 bits per heavy atom. The molecule has 200 valence electrons. The molecule has 0 radical (unpaired) electrons. The smallest absolute Gasteiger partial charge is 0.262 e. The van der Waals surface area contributed by atoms with Crippen LogP contribution in [0.3, 0.4) is 0 Å². The SMILES string of the molecule is CNc1nc2c(c(I)cn2[C@H]2CC(O)[C@@H](CO[Si](c3ccccc3)(c3ccccc3)C(C)(C)C)O2)c(=O)[nH]1. The van der Waals surface area contributed by atoms with E-state index in [0.717, 1.165) is 3.57 Å². The van der Waals surface area contributed by atoms with Gasteiger partial charge in [-0.05, 0) is 38.0 Å². The molecule has 4 aromatic rings. The third-order valence-corrected chi connectivity index (χ3v) is 13.1. The Balaban J connectivity index is 1.47. The summed E-state index contributed by atoms with van der Waals surface area (Å²) in [5, 5.41) is 16.7. The van der Waals surface area contributed by atoms with E-state index >= 15 is 0 Å². The minimum atomic E-state index is -2.77. The number of H-pyrrole nitrogens is 1. The van der Waals surface area contributed by atoms with E-state index in [1.807, 2.05) is 22.9 Å². The second-order valence-corrected chi connectivity index (χ2v) is 16.1. The summed E-state index contributed by atoms with van der Waals surface area (Å²) in [7, 11) is -1.07. The first-order valence-corrected chi connectivity index (χ1v) is 15.7. The number of fused-ring (bicyclic) bond motifs is 1. The molecule has 0 aliphatic carbocycles. The van der Waals surface area contributed by atoms with Gasteiger partial charge < -0.3 is 24.2 Å². The predicted octanol–water partition coefficient (Wildman–Crippen LogP) is 3.60. The van der Waals surface area contributed by atoms with Gasteiger partial charge in [0.15, 0.2) is 5.65 Å². The van der Waals surface area contributed by atoms with Gasteiger partial charge in [0.1, 0.15) is 12.3 Å². The van der Waals surface area contributed by atoms with Crippen molar-refractivity contribution in [2.75, 3.05) is 19.0 Å². The van der Waals surface area contributed by atoms with E-state index in [4.69, 9.17) is 9.16 Å². The lowest BCUT2D eigenvalue weighted by Crippen LogP contribution is -2.67. The maximum Gasteiger partial charge on any atom is 0.262 e. The van der Waals surface area contributed by atoms with Crippen LogP contribution < -0.4 is 21.2 Å². The van der Waals surface area contributed by atoms with Gasteiger partial charge in [-0.2, -0.15) is 4.98 Å². The second kappa shape index (κ2) is 10.6. The summed E-state index contributed by atoms with van der Waals surface area (Å²) in [6.07, 6.45) is 0.512. The minimum absolute atomic E-state index is 0.181. The number of hydrogen-bond acceptors (Lipinski definition) is 6. The molecule has 10 heteroatoms. The van der Waals surface area contributed by atoms with Gasteiger partial charge in [-0.1, -0.05) is 81.4 Å². The van der Waals surface area contributed by atoms with E-state index < -0.39 is 26.8 Å². The molecular weight excluding hydrogens is 611 g/mol. The first kappa shape index (κ1) is 27.1. The van der Waals surface area contributed by atoms with Crippen LogP contribution in [-0.4, -0.2) is 53.8 Å². The van der Waals surface area contributed by atoms with Crippen LogP contribution in [-0.2, 0) is 9.16 Å². The molecule has 2 aromatic heterocycles. The number of nitrogens with one attached hydrogen (secondary N) is 2. The summed E-state index contributed by atoms with van der Waals surface area (Å²) < 4.78 is 16.0. The Bertz CT molecular complexity index is 1430. The van der Waals surface area contributed by atoms with E-state index in [0.29, 0.717) is 23.4 Å². The molecule has 1 aliphatic rings. The van der Waals surface area contributed by atoms with Crippen LogP contribution in [0.25, 0.3) is 11.0 Å². The Morgan fingerprint density at radius 1 is 1.16 bits per heavy atom. The van der Waals surface area contributed by atoms with Gasteiger partial charge in [0.2, 0.25) is 5.95 Å². The van der Waals surface area contributed by atoms with Crippen LogP contribution >= 0.6 is 22.6 Å². The normalized spacial score (nSPS) is 20.2. The highest BCUT2D eigenvalue weighted by Crippen LogP contribution is 2.38. The highest BCUT2D eigenvalue weighted by molar-refractivity contribution is 14.1. The van der Waals surface area contributed by atoms with Gasteiger partial charge in [0.05, 0.1) is 18.1 Å². The number of anilines is 1. The topological polar surface area (TPSA) is 101 Å². The summed E-state index contributed by atoms with van der Waals surface area (Å²) in [6, 6.07) is 20.9. The number of ether oxygens (including phenoxy) is 1. The molecular formula is C28H33IN4O4Si. The van der Waals surface area contributed by atoms with Crippen LogP contribution in [0.2, 0.25) is 5.04 Å². The summed E-state index contributed by atoms with van der Waals surface area (Å²) >= 11 is 2.14. The lowest BCUT2D eigenvalue weighted by Gasteiger charge is -2.43. The Hall–Kier alpha value is -2.51. The number of aliphatic hydroxyl groups excluding tert-OH is 1. The highest BCUT2D eigenvalue weighted by atomic mass is 127. The third-order valence-electron chi connectivity index (χ3n) is 7.27. The minimum Gasteiger partial charge on any atom is -0.405 e. The maximum atomic E-state index is 12.7. The fourth-order valence-electron chi connectivity index (χ4n) is 5.45. The molecule has 5 rings (SSSR count). The maximum absolute atomic E-state index is 12.7. The van der Waals surface area contributed by atoms with Crippen molar-refractivity contribution in [1.82, 2.24) is 14.5 Å². The molecule has 3 atom stereocenters. The van der Waals surface area contributed by atoms with Gasteiger partial charge in [0.25, 0.3) is 13.9 Å². The second-order valence-electron chi connectivity index (χ2n) is 10.7. The molecule has 0 bridgehead atoms. The van der Waals surface area contributed by atoms with Crippen LogP contribution in [0.5, 0.6) is 0 Å². The summed E-state index contributed by atoms with van der Waals surface area (Å²) in [4.78, 5) is 20.0. The lowest BCUT2D eigenvalue weighted by atomic mass is 10.2. The van der Waals surface area contributed by atoms with Crippen molar-refractivity contribution in [3.8, 4) is 0 Å². The largest absolute Gasteiger partial charge is 0.405 e. The van der Waals surface area contributed by atoms with Gasteiger partial charge in [-0.15, -0.1) is 0 Å². The number of aromatic amines is 1. The van der Waals surface area contributed by atoms with Gasteiger partial charge in [0, 0.05) is 23.2 Å². The van der Waals surface area contributed by atoms with Crippen molar-refractivity contribution in [3.05, 3.63) is 80.8 Å². The van der Waals surface area contributed by atoms with Crippen molar-refractivity contribution in [3.63, 3.8) is 0 Å². The van der Waals surface area contributed by atoms with Gasteiger partial charge >= 0.3 is 0 Å². The number of nitrogens with zero attached hydrogens (tertiary/aromatic N) is 2. The van der Waals surface area contributed by atoms with Gasteiger partial charge in [-0.3, -0.25) is 9.78 Å². The monoisotopic (exact) mass is 644 g/mol. The first-order valence-electron chi connectivity index (χ1n) is 12.7. The van der Waals surface area contributed by atoms with Crippen LogP contribution in [0.4, 0.5) is 5.95 Å². The number of hydrogen-bond donors (Lipinski definition) is 3.